The van der Waals surface area contributed by atoms with E-state index in [2.05, 4.69) is 43.5 Å². The van der Waals surface area contributed by atoms with Crippen LogP contribution in [0, 0.1) is 0 Å². The van der Waals surface area contributed by atoms with Gasteiger partial charge >= 0.3 is 0 Å². The van der Waals surface area contributed by atoms with Crippen LogP contribution < -0.4 is 5.32 Å². The van der Waals surface area contributed by atoms with Crippen molar-refractivity contribution in [2.75, 3.05) is 26.4 Å². The number of amides is 1. The number of rotatable bonds is 55. The zero-order valence-electron chi connectivity index (χ0n) is 55.2. The number of hydrogen-bond acceptors (Lipinski definition) is 18. The van der Waals surface area contributed by atoms with E-state index in [1.54, 1.807) is 6.08 Å². The Morgan fingerprint density at radius 2 is 0.719 bits per heavy atom. The first-order valence-electron chi connectivity index (χ1n) is 35.7. The second kappa shape index (κ2) is 52.3. The van der Waals surface area contributed by atoms with E-state index in [0.717, 1.165) is 44.9 Å². The maximum Gasteiger partial charge on any atom is 0.220 e. The Kier molecular flexibility index (Phi) is 47.7. The first-order chi connectivity index (χ1) is 43.3. The monoisotopic (exact) mass is 1270 g/mol. The summed E-state index contributed by atoms with van der Waals surface area (Å²) in [5.41, 5.74) is 0. The minimum absolute atomic E-state index is 0.236. The van der Waals surface area contributed by atoms with Gasteiger partial charge in [-0.25, -0.2) is 0 Å². The molecule has 0 aliphatic carbocycles. The number of unbranched alkanes of at least 4 members (excludes halogenated alkanes) is 35. The number of hydrogen-bond donors (Lipinski definition) is 12. The lowest BCUT2D eigenvalue weighted by Gasteiger charge is -2.48. The molecule has 17 atom stereocenters. The van der Waals surface area contributed by atoms with Gasteiger partial charge < -0.3 is 89.9 Å². The summed E-state index contributed by atoms with van der Waals surface area (Å²) in [6.07, 6.45) is 34.1. The van der Waals surface area contributed by atoms with Crippen LogP contribution in [-0.4, -0.2) is 193 Å². The largest absolute Gasteiger partial charge is 0.394 e. The van der Waals surface area contributed by atoms with Crippen LogP contribution in [0.4, 0.5) is 0 Å². The molecule has 522 valence electrons. The summed E-state index contributed by atoms with van der Waals surface area (Å²) >= 11 is 0. The molecule has 3 aliphatic rings. The minimum Gasteiger partial charge on any atom is -0.394 e. The number of aliphatic hydroxyl groups is 11. The number of ether oxygens (including phenoxy) is 6. The molecule has 0 aromatic rings. The van der Waals surface area contributed by atoms with E-state index in [0.29, 0.717) is 12.8 Å². The molecule has 0 saturated carbocycles. The van der Waals surface area contributed by atoms with Crippen LogP contribution in [0.25, 0.3) is 0 Å². The average molecular weight is 1270 g/mol. The molecule has 3 saturated heterocycles. The van der Waals surface area contributed by atoms with Crippen LogP contribution >= 0.6 is 0 Å². The van der Waals surface area contributed by atoms with Gasteiger partial charge in [-0.1, -0.05) is 256 Å². The number of aliphatic hydroxyl groups excluding tert-OH is 11. The van der Waals surface area contributed by atoms with E-state index in [9.17, 15) is 61.0 Å². The van der Waals surface area contributed by atoms with Crippen molar-refractivity contribution in [3.8, 4) is 0 Å². The SMILES string of the molecule is CCCCCCCCCCCCCCC/C=C/CC/C=C/CC/C=C/C(O)C(COC1OC(CO)C(OC2OC(CO)C(OC3OC(CO)C(O)C(O)C3O)C(O)C2O)C(O)C1O)NC(=O)CCCCCCCCCCCCCCCCCCCCCCC. The number of nitrogens with one attached hydrogen (secondary N) is 1. The van der Waals surface area contributed by atoms with E-state index >= 15 is 0 Å². The summed E-state index contributed by atoms with van der Waals surface area (Å²) in [4.78, 5) is 13.4. The Morgan fingerprint density at radius 1 is 0.393 bits per heavy atom. The molecule has 3 aliphatic heterocycles. The fourth-order valence-electron chi connectivity index (χ4n) is 12.1. The van der Waals surface area contributed by atoms with Crippen LogP contribution in [0.3, 0.4) is 0 Å². The summed E-state index contributed by atoms with van der Waals surface area (Å²) in [5, 5.41) is 121. The fraction of sp³-hybridized carbons (Fsp3) is 0.900. The predicted molar refractivity (Wildman–Crippen MR) is 346 cm³/mol. The highest BCUT2D eigenvalue weighted by Gasteiger charge is 2.53. The van der Waals surface area contributed by atoms with Gasteiger partial charge in [-0.2, -0.15) is 0 Å². The van der Waals surface area contributed by atoms with Gasteiger partial charge in [0.25, 0.3) is 0 Å². The molecule has 0 bridgehead atoms. The van der Waals surface area contributed by atoms with Crippen molar-refractivity contribution in [3.05, 3.63) is 36.5 Å². The van der Waals surface area contributed by atoms with E-state index in [-0.39, 0.29) is 18.9 Å². The van der Waals surface area contributed by atoms with E-state index in [1.165, 1.54) is 193 Å². The third-order valence-electron chi connectivity index (χ3n) is 17.9. The molecule has 3 rings (SSSR count). The van der Waals surface area contributed by atoms with Crippen molar-refractivity contribution < 1.29 is 89.4 Å². The lowest BCUT2D eigenvalue weighted by atomic mass is 9.96. The third-order valence-corrected chi connectivity index (χ3v) is 17.9. The Labute approximate surface area is 536 Å². The molecule has 0 aromatic carbocycles. The lowest BCUT2D eigenvalue weighted by molar-refractivity contribution is -0.379. The normalized spacial score (nSPS) is 28.4. The topological polar surface area (TPSA) is 307 Å². The fourth-order valence-corrected chi connectivity index (χ4v) is 12.1. The van der Waals surface area contributed by atoms with Crippen molar-refractivity contribution in [1.82, 2.24) is 5.32 Å². The highest BCUT2D eigenvalue weighted by Crippen LogP contribution is 2.33. The van der Waals surface area contributed by atoms with Gasteiger partial charge in [0.1, 0.15) is 73.2 Å². The van der Waals surface area contributed by atoms with Gasteiger partial charge in [0, 0.05) is 6.42 Å². The molecule has 19 nitrogen and oxygen atoms in total. The van der Waals surface area contributed by atoms with Crippen LogP contribution in [-0.2, 0) is 33.2 Å². The van der Waals surface area contributed by atoms with Gasteiger partial charge in [0.15, 0.2) is 18.9 Å². The maximum atomic E-state index is 13.4. The Bertz CT molecular complexity index is 1760. The molecule has 17 unspecified atom stereocenters. The Hall–Kier alpha value is -1.99. The van der Waals surface area contributed by atoms with Gasteiger partial charge in [0.05, 0.1) is 38.6 Å². The van der Waals surface area contributed by atoms with E-state index in [1.807, 2.05) is 6.08 Å². The Balaban J connectivity index is 1.45. The molecule has 19 heteroatoms. The summed E-state index contributed by atoms with van der Waals surface area (Å²) in [5.74, 6) is -0.285. The molecule has 3 fully saturated rings. The molecule has 0 radical (unpaired) electrons. The smallest absolute Gasteiger partial charge is 0.220 e. The quantitative estimate of drug-likeness (QED) is 0.0199. The third kappa shape index (κ3) is 34.3. The van der Waals surface area contributed by atoms with Gasteiger partial charge in [-0.15, -0.1) is 0 Å². The molecule has 89 heavy (non-hydrogen) atoms. The Morgan fingerprint density at radius 3 is 1.12 bits per heavy atom. The minimum atomic E-state index is -1.98. The van der Waals surface area contributed by atoms with Gasteiger partial charge in [-0.3, -0.25) is 4.79 Å². The van der Waals surface area contributed by atoms with Crippen LogP contribution in [0.2, 0.25) is 0 Å². The van der Waals surface area contributed by atoms with Crippen molar-refractivity contribution >= 4 is 5.91 Å². The molecule has 12 N–H and O–H groups in total. The van der Waals surface area contributed by atoms with Crippen molar-refractivity contribution in [2.45, 2.75) is 375 Å². The number of carbonyl (C=O) groups is 1. The van der Waals surface area contributed by atoms with Gasteiger partial charge in [-0.05, 0) is 44.9 Å². The number of allylic oxidation sites excluding steroid dienone is 5. The molecule has 3 heterocycles. The average Bonchev–Trinajstić information content (AvgIpc) is 1.97. The highest BCUT2D eigenvalue weighted by molar-refractivity contribution is 5.76. The first kappa shape index (κ1) is 81.2. The second-order valence-corrected chi connectivity index (χ2v) is 25.7. The standard InChI is InChI=1S/C70H129NO18/c1-3-5-7-9-11-13-15-17-19-21-23-25-26-28-29-31-33-35-37-39-41-43-45-47-54(75)53(71-58(76)48-46-44-42-40-38-36-34-32-30-27-24-22-20-18-16-14-12-10-8-6-4-2)52-84-68-64(82)61(79)66(56(50-73)86-68)89-70-65(83)62(80)67(57(51-74)87-70)88-69-63(81)60(78)59(77)55(49-72)85-69/h29,31,37,39,45,47,53-57,59-70,72-75,77-83H,3-28,30,32-36,38,40-44,46,48-52H2,1-2H3,(H,71,76)/b31-29+,39-37+,47-45+. The summed E-state index contributed by atoms with van der Waals surface area (Å²) in [7, 11) is 0. The lowest BCUT2D eigenvalue weighted by Crippen LogP contribution is -2.66. The van der Waals surface area contributed by atoms with E-state index in [4.69, 9.17) is 28.4 Å². The van der Waals surface area contributed by atoms with E-state index < -0.39 is 124 Å². The van der Waals surface area contributed by atoms with Crippen molar-refractivity contribution in [2.24, 2.45) is 0 Å². The summed E-state index contributed by atoms with van der Waals surface area (Å²) in [6, 6.07) is -0.994. The summed E-state index contributed by atoms with van der Waals surface area (Å²) in [6.45, 7) is 1.74. The zero-order chi connectivity index (χ0) is 64.7. The van der Waals surface area contributed by atoms with Crippen LogP contribution in [0.15, 0.2) is 36.5 Å². The van der Waals surface area contributed by atoms with Crippen LogP contribution in [0.5, 0.6) is 0 Å². The maximum absolute atomic E-state index is 13.4. The van der Waals surface area contributed by atoms with Crippen molar-refractivity contribution in [3.63, 3.8) is 0 Å². The molecular weight excluding hydrogens is 1140 g/mol. The zero-order valence-corrected chi connectivity index (χ0v) is 55.2. The number of carbonyl (C=O) groups excluding carboxylic acids is 1. The second-order valence-electron chi connectivity index (χ2n) is 25.7. The molecule has 0 spiro atoms. The van der Waals surface area contributed by atoms with Gasteiger partial charge in [0.2, 0.25) is 5.91 Å². The summed E-state index contributed by atoms with van der Waals surface area (Å²) < 4.78 is 34.3. The highest BCUT2D eigenvalue weighted by atomic mass is 16.8. The molecular formula is C70H129NO18. The van der Waals surface area contributed by atoms with Crippen LogP contribution in [0.1, 0.15) is 271 Å². The first-order valence-corrected chi connectivity index (χ1v) is 35.7. The molecule has 0 aromatic heterocycles. The van der Waals surface area contributed by atoms with Crippen molar-refractivity contribution in [1.29, 1.82) is 0 Å². The molecule has 1 amide bonds. The predicted octanol–water partition coefficient (Wildman–Crippen LogP) is 9.61.